The number of carbonyl (C=O) groups excluding carboxylic acids is 2. The lowest BCUT2D eigenvalue weighted by Crippen LogP contribution is -2.51. The van der Waals surface area contributed by atoms with Gasteiger partial charge in [0.2, 0.25) is 21.8 Å². The Hall–Kier alpha value is -2.98. The summed E-state index contributed by atoms with van der Waals surface area (Å²) in [6.45, 7) is 3.50. The third-order valence-corrected chi connectivity index (χ3v) is 8.02. The van der Waals surface area contributed by atoms with Gasteiger partial charge in [0.15, 0.2) is 0 Å². The fourth-order valence-electron chi connectivity index (χ4n) is 4.25. The summed E-state index contributed by atoms with van der Waals surface area (Å²) in [7, 11) is -3.80. The number of amides is 2. The minimum Gasteiger partial charge on any atom is -0.376 e. The second-order valence-corrected chi connectivity index (χ2v) is 10.1. The predicted molar refractivity (Wildman–Crippen MR) is 123 cm³/mol. The summed E-state index contributed by atoms with van der Waals surface area (Å²) in [6, 6.07) is 10.6. The summed E-state index contributed by atoms with van der Waals surface area (Å²) < 4.78 is 40.2. The molecule has 2 saturated heterocycles. The molecule has 0 aliphatic carbocycles. The number of sulfonamides is 1. The van der Waals surface area contributed by atoms with Gasteiger partial charge in [0.25, 0.3) is 0 Å². The Balaban J connectivity index is 1.34. The molecule has 0 aromatic heterocycles. The molecule has 4 rings (SSSR count). The van der Waals surface area contributed by atoms with E-state index in [1.54, 1.807) is 9.80 Å². The van der Waals surface area contributed by atoms with E-state index in [2.05, 4.69) is 5.32 Å². The van der Waals surface area contributed by atoms with E-state index in [1.807, 2.05) is 25.1 Å². The lowest BCUT2D eigenvalue weighted by atomic mass is 10.1. The monoisotopic (exact) mass is 474 g/mol. The average Bonchev–Trinajstić information content (AvgIpc) is 3.24. The topological polar surface area (TPSA) is 90.0 Å². The average molecular weight is 475 g/mol. The third kappa shape index (κ3) is 4.86. The lowest BCUT2D eigenvalue weighted by molar-refractivity contribution is -0.130. The van der Waals surface area contributed by atoms with E-state index in [1.165, 1.54) is 22.5 Å². The van der Waals surface area contributed by atoms with Crippen LogP contribution in [0.3, 0.4) is 0 Å². The number of hydrogen-bond acceptors (Lipinski definition) is 5. The van der Waals surface area contributed by atoms with Crippen LogP contribution >= 0.6 is 0 Å². The Labute approximate surface area is 193 Å². The summed E-state index contributed by atoms with van der Waals surface area (Å²) in [4.78, 5) is 28.1. The maximum atomic E-state index is 13.5. The smallest absolute Gasteiger partial charge is 0.243 e. The Kier molecular flexibility index (Phi) is 6.66. The van der Waals surface area contributed by atoms with Crippen LogP contribution in [0, 0.1) is 12.7 Å². The van der Waals surface area contributed by atoms with Gasteiger partial charge in [-0.1, -0.05) is 12.1 Å². The minimum absolute atomic E-state index is 0.0644. The number of nitrogens with zero attached hydrogens (tertiary/aromatic N) is 3. The van der Waals surface area contributed by atoms with Gasteiger partial charge in [0.1, 0.15) is 5.82 Å². The molecule has 0 spiro atoms. The van der Waals surface area contributed by atoms with Crippen molar-refractivity contribution in [2.45, 2.75) is 24.7 Å². The van der Waals surface area contributed by atoms with Crippen molar-refractivity contribution in [2.24, 2.45) is 0 Å². The molecule has 2 fully saturated rings. The molecule has 2 aliphatic heterocycles. The van der Waals surface area contributed by atoms with Crippen molar-refractivity contribution in [3.63, 3.8) is 0 Å². The van der Waals surface area contributed by atoms with E-state index in [4.69, 9.17) is 0 Å². The molecule has 8 nitrogen and oxygen atoms in total. The van der Waals surface area contributed by atoms with Crippen molar-refractivity contribution in [1.29, 1.82) is 0 Å². The Bertz CT molecular complexity index is 1160. The highest BCUT2D eigenvalue weighted by molar-refractivity contribution is 7.89. The maximum absolute atomic E-state index is 13.5. The summed E-state index contributed by atoms with van der Waals surface area (Å²) in [6.07, 6.45) is 1.39. The molecule has 0 unspecified atom stereocenters. The first-order chi connectivity index (χ1) is 15.8. The normalized spacial score (nSPS) is 17.5. The molecule has 0 bridgehead atoms. The Morgan fingerprint density at radius 2 is 1.79 bits per heavy atom. The minimum atomic E-state index is -3.80. The molecule has 176 valence electrons. The van der Waals surface area contributed by atoms with Crippen LogP contribution in [0.5, 0.6) is 0 Å². The van der Waals surface area contributed by atoms with Crippen LogP contribution in [-0.4, -0.2) is 68.7 Å². The van der Waals surface area contributed by atoms with E-state index >= 15 is 0 Å². The Morgan fingerprint density at radius 3 is 2.45 bits per heavy atom. The van der Waals surface area contributed by atoms with Crippen LogP contribution in [0.15, 0.2) is 47.4 Å². The van der Waals surface area contributed by atoms with Crippen molar-refractivity contribution in [1.82, 2.24) is 9.21 Å². The van der Waals surface area contributed by atoms with E-state index in [0.29, 0.717) is 13.0 Å². The zero-order chi connectivity index (χ0) is 23.6. The van der Waals surface area contributed by atoms with Crippen molar-refractivity contribution in [3.8, 4) is 0 Å². The van der Waals surface area contributed by atoms with Crippen molar-refractivity contribution in [3.05, 3.63) is 53.8 Å². The molecule has 10 heteroatoms. The summed E-state index contributed by atoms with van der Waals surface area (Å²) >= 11 is 0. The summed E-state index contributed by atoms with van der Waals surface area (Å²) in [5.41, 5.74) is 2.55. The second kappa shape index (κ2) is 9.48. The highest BCUT2D eigenvalue weighted by atomic mass is 32.2. The van der Waals surface area contributed by atoms with Gasteiger partial charge >= 0.3 is 0 Å². The number of piperazine rings is 1. The summed E-state index contributed by atoms with van der Waals surface area (Å²) in [5, 5.41) is 3.16. The molecule has 2 aromatic rings. The SMILES string of the molecule is Cc1c(NCC(=O)N2CCN(S(=O)(=O)c3cccc(F)c3)CC2)cccc1N1CCCC1=O. The van der Waals surface area contributed by atoms with Crippen molar-refractivity contribution >= 4 is 33.2 Å². The number of hydrogen-bond donors (Lipinski definition) is 1. The standard InChI is InChI=1S/C23H27FN4O4S/c1-17-20(7-3-8-21(17)28-10-4-9-22(28)29)25-16-23(30)26-11-13-27(14-12-26)33(31,32)19-6-2-5-18(24)15-19/h2-3,5-8,15,25H,4,9-14,16H2,1H3. The fraction of sp³-hybridized carbons (Fsp3) is 0.391. The number of nitrogens with one attached hydrogen (secondary N) is 1. The van der Waals surface area contributed by atoms with Crippen LogP contribution in [0.2, 0.25) is 0 Å². The lowest BCUT2D eigenvalue weighted by Gasteiger charge is -2.34. The number of benzene rings is 2. The fourth-order valence-corrected chi connectivity index (χ4v) is 5.70. The van der Waals surface area contributed by atoms with Crippen molar-refractivity contribution in [2.75, 3.05) is 49.5 Å². The molecule has 0 radical (unpaired) electrons. The predicted octanol–water partition coefficient (Wildman–Crippen LogP) is 2.21. The zero-order valence-electron chi connectivity index (χ0n) is 18.5. The molecule has 2 aromatic carbocycles. The molecule has 2 aliphatic rings. The van der Waals surface area contributed by atoms with Crippen LogP contribution in [0.1, 0.15) is 18.4 Å². The highest BCUT2D eigenvalue weighted by Gasteiger charge is 2.30. The van der Waals surface area contributed by atoms with Crippen LogP contribution in [0.4, 0.5) is 15.8 Å². The van der Waals surface area contributed by atoms with Crippen molar-refractivity contribution < 1.29 is 22.4 Å². The molecular weight excluding hydrogens is 447 g/mol. The highest BCUT2D eigenvalue weighted by Crippen LogP contribution is 2.30. The first-order valence-electron chi connectivity index (χ1n) is 10.9. The van der Waals surface area contributed by atoms with Crippen LogP contribution in [0.25, 0.3) is 0 Å². The molecule has 1 N–H and O–H groups in total. The van der Waals surface area contributed by atoms with Gasteiger partial charge in [-0.05, 0) is 49.2 Å². The van der Waals surface area contributed by atoms with Gasteiger partial charge in [0, 0.05) is 50.5 Å². The molecule has 2 heterocycles. The summed E-state index contributed by atoms with van der Waals surface area (Å²) in [5.74, 6) is -0.637. The number of rotatable bonds is 6. The van der Waals surface area contributed by atoms with E-state index < -0.39 is 15.8 Å². The third-order valence-electron chi connectivity index (χ3n) is 6.12. The van der Waals surface area contributed by atoms with E-state index in [0.717, 1.165) is 29.4 Å². The van der Waals surface area contributed by atoms with Gasteiger partial charge in [-0.3, -0.25) is 9.59 Å². The second-order valence-electron chi connectivity index (χ2n) is 8.19. The quantitative estimate of drug-likeness (QED) is 0.693. The van der Waals surface area contributed by atoms with E-state index in [-0.39, 0.29) is 49.4 Å². The Morgan fingerprint density at radius 1 is 1.06 bits per heavy atom. The van der Waals surface area contributed by atoms with Gasteiger partial charge in [-0.2, -0.15) is 4.31 Å². The first-order valence-corrected chi connectivity index (χ1v) is 12.4. The number of anilines is 2. The number of halogens is 1. The van der Waals surface area contributed by atoms with E-state index in [9.17, 15) is 22.4 Å². The molecular formula is C23H27FN4O4S. The first kappa shape index (κ1) is 23.2. The molecule has 33 heavy (non-hydrogen) atoms. The maximum Gasteiger partial charge on any atom is 0.243 e. The largest absolute Gasteiger partial charge is 0.376 e. The molecule has 2 amide bonds. The van der Waals surface area contributed by atoms with Gasteiger partial charge < -0.3 is 15.1 Å². The number of carbonyl (C=O) groups is 2. The van der Waals surface area contributed by atoms with Gasteiger partial charge in [-0.15, -0.1) is 0 Å². The van der Waals surface area contributed by atoms with Crippen LogP contribution < -0.4 is 10.2 Å². The molecule has 0 saturated carbocycles. The van der Waals surface area contributed by atoms with Gasteiger partial charge in [0.05, 0.1) is 11.4 Å². The van der Waals surface area contributed by atoms with Gasteiger partial charge in [-0.25, -0.2) is 12.8 Å². The zero-order valence-corrected chi connectivity index (χ0v) is 19.3. The van der Waals surface area contributed by atoms with Crippen LogP contribution in [-0.2, 0) is 19.6 Å². The molecule has 0 atom stereocenters.